The Bertz CT molecular complexity index is 766. The Morgan fingerprint density at radius 1 is 1.10 bits per heavy atom. The van der Waals surface area contributed by atoms with Gasteiger partial charge in [-0.3, -0.25) is 0 Å². The molecule has 21 heavy (non-hydrogen) atoms. The lowest BCUT2D eigenvalue weighted by molar-refractivity contribution is 0.607. The fourth-order valence-corrected chi connectivity index (χ4v) is 2.51. The van der Waals surface area contributed by atoms with Gasteiger partial charge in [-0.15, -0.1) is 0 Å². The first kappa shape index (κ1) is 13.8. The van der Waals surface area contributed by atoms with Crippen LogP contribution in [0.25, 0.3) is 10.9 Å². The van der Waals surface area contributed by atoms with Crippen molar-refractivity contribution in [2.24, 2.45) is 0 Å². The summed E-state index contributed by atoms with van der Waals surface area (Å²) in [5, 5.41) is 1.34. The lowest BCUT2D eigenvalue weighted by Crippen LogP contribution is -2.19. The summed E-state index contributed by atoms with van der Waals surface area (Å²) in [6.45, 7) is 0.340. The SMILES string of the molecule is CN(Cc1c(F)cccc1Cl)c1ncnc2ccccc12. The van der Waals surface area contributed by atoms with E-state index in [-0.39, 0.29) is 5.82 Å². The highest BCUT2D eigenvalue weighted by Crippen LogP contribution is 2.26. The van der Waals surface area contributed by atoms with Crippen molar-refractivity contribution in [3.8, 4) is 0 Å². The molecule has 0 N–H and O–H groups in total. The maximum absolute atomic E-state index is 13.9. The minimum Gasteiger partial charge on any atom is -0.355 e. The van der Waals surface area contributed by atoms with Crippen molar-refractivity contribution >= 4 is 28.3 Å². The van der Waals surface area contributed by atoms with Gasteiger partial charge in [0, 0.05) is 29.6 Å². The van der Waals surface area contributed by atoms with Crippen molar-refractivity contribution in [3.63, 3.8) is 0 Å². The predicted molar refractivity (Wildman–Crippen MR) is 83.1 cm³/mol. The van der Waals surface area contributed by atoms with E-state index in [0.717, 1.165) is 16.7 Å². The van der Waals surface area contributed by atoms with E-state index in [2.05, 4.69) is 9.97 Å². The maximum atomic E-state index is 13.9. The molecule has 3 rings (SSSR count). The topological polar surface area (TPSA) is 29.0 Å². The molecule has 0 aliphatic rings. The molecule has 1 aromatic heterocycles. The van der Waals surface area contributed by atoms with Crippen LogP contribution in [0.1, 0.15) is 5.56 Å². The number of halogens is 2. The van der Waals surface area contributed by atoms with E-state index in [4.69, 9.17) is 11.6 Å². The number of benzene rings is 2. The Morgan fingerprint density at radius 2 is 1.90 bits per heavy atom. The fourth-order valence-electron chi connectivity index (χ4n) is 2.29. The molecule has 0 saturated carbocycles. The number of para-hydroxylation sites is 1. The lowest BCUT2D eigenvalue weighted by Gasteiger charge is -2.20. The van der Waals surface area contributed by atoms with Gasteiger partial charge in [0.1, 0.15) is 18.0 Å². The summed E-state index contributed by atoms with van der Waals surface area (Å²) in [6.07, 6.45) is 1.51. The van der Waals surface area contributed by atoms with E-state index < -0.39 is 0 Å². The molecule has 0 bridgehead atoms. The summed E-state index contributed by atoms with van der Waals surface area (Å²) in [4.78, 5) is 10.4. The number of fused-ring (bicyclic) bond motifs is 1. The van der Waals surface area contributed by atoms with Gasteiger partial charge >= 0.3 is 0 Å². The summed E-state index contributed by atoms with van der Waals surface area (Å²) >= 11 is 6.08. The zero-order valence-corrected chi connectivity index (χ0v) is 12.2. The van der Waals surface area contributed by atoms with Crippen molar-refractivity contribution in [3.05, 3.63) is 65.2 Å². The summed E-state index contributed by atoms with van der Waals surface area (Å²) in [7, 11) is 1.86. The van der Waals surface area contributed by atoms with Gasteiger partial charge in [-0.2, -0.15) is 0 Å². The minimum absolute atomic E-state index is 0.312. The third-order valence-electron chi connectivity index (χ3n) is 3.34. The molecule has 0 aliphatic carbocycles. The highest BCUT2D eigenvalue weighted by atomic mass is 35.5. The van der Waals surface area contributed by atoms with Crippen molar-refractivity contribution in [1.82, 2.24) is 9.97 Å². The zero-order valence-electron chi connectivity index (χ0n) is 11.4. The molecule has 0 atom stereocenters. The molecule has 0 aliphatic heterocycles. The molecule has 106 valence electrons. The second-order valence-electron chi connectivity index (χ2n) is 4.77. The highest BCUT2D eigenvalue weighted by Gasteiger charge is 2.13. The average molecular weight is 302 g/mol. The Morgan fingerprint density at radius 3 is 2.71 bits per heavy atom. The summed E-state index contributed by atoms with van der Waals surface area (Å²) < 4.78 is 13.9. The van der Waals surface area contributed by atoms with Gasteiger partial charge in [-0.05, 0) is 24.3 Å². The maximum Gasteiger partial charge on any atom is 0.139 e. The van der Waals surface area contributed by atoms with Gasteiger partial charge < -0.3 is 4.90 Å². The van der Waals surface area contributed by atoms with Gasteiger partial charge in [0.25, 0.3) is 0 Å². The molecule has 5 heteroatoms. The monoisotopic (exact) mass is 301 g/mol. The van der Waals surface area contributed by atoms with Crippen molar-refractivity contribution in [1.29, 1.82) is 0 Å². The molecule has 0 saturated heterocycles. The van der Waals surface area contributed by atoms with Crippen LogP contribution in [-0.2, 0) is 6.54 Å². The van der Waals surface area contributed by atoms with Crippen LogP contribution in [0.2, 0.25) is 5.02 Å². The number of anilines is 1. The molecule has 0 unspecified atom stereocenters. The number of aromatic nitrogens is 2. The minimum atomic E-state index is -0.312. The van der Waals surface area contributed by atoms with E-state index in [1.165, 1.54) is 12.4 Å². The van der Waals surface area contributed by atoms with Crippen LogP contribution in [0.15, 0.2) is 48.8 Å². The van der Waals surface area contributed by atoms with E-state index in [1.54, 1.807) is 12.1 Å². The summed E-state index contributed by atoms with van der Waals surface area (Å²) in [5.74, 6) is 0.438. The second kappa shape index (κ2) is 5.66. The molecule has 2 aromatic carbocycles. The van der Waals surface area contributed by atoms with Crippen LogP contribution in [0, 0.1) is 5.82 Å². The molecule has 0 spiro atoms. The third kappa shape index (κ3) is 2.67. The molecule has 1 heterocycles. The first-order valence-corrected chi connectivity index (χ1v) is 6.88. The largest absolute Gasteiger partial charge is 0.355 e. The first-order valence-electron chi connectivity index (χ1n) is 6.50. The van der Waals surface area contributed by atoms with Gasteiger partial charge in [0.15, 0.2) is 0 Å². The Labute approximate surface area is 127 Å². The molecule has 0 amide bonds. The molecule has 3 aromatic rings. The fraction of sp³-hybridized carbons (Fsp3) is 0.125. The second-order valence-corrected chi connectivity index (χ2v) is 5.18. The smallest absolute Gasteiger partial charge is 0.139 e. The van der Waals surface area contributed by atoms with Crippen LogP contribution in [0.4, 0.5) is 10.2 Å². The molecular weight excluding hydrogens is 289 g/mol. The summed E-state index contributed by atoms with van der Waals surface area (Å²) in [5.41, 5.74) is 1.32. The molecule has 0 fully saturated rings. The zero-order chi connectivity index (χ0) is 14.8. The average Bonchev–Trinajstić information content (AvgIpc) is 2.50. The Kier molecular flexibility index (Phi) is 3.71. The molecule has 3 nitrogen and oxygen atoms in total. The van der Waals surface area contributed by atoms with Gasteiger partial charge in [0.2, 0.25) is 0 Å². The Hall–Kier alpha value is -2.20. The number of rotatable bonds is 3. The number of hydrogen-bond donors (Lipinski definition) is 0. The van der Waals surface area contributed by atoms with Crippen molar-refractivity contribution in [2.75, 3.05) is 11.9 Å². The summed E-state index contributed by atoms with van der Waals surface area (Å²) in [6, 6.07) is 12.4. The van der Waals surface area contributed by atoms with Crippen LogP contribution in [0.3, 0.4) is 0 Å². The van der Waals surface area contributed by atoms with E-state index in [9.17, 15) is 4.39 Å². The molecular formula is C16H13ClFN3. The quantitative estimate of drug-likeness (QED) is 0.730. The molecule has 0 radical (unpaired) electrons. The van der Waals surface area contributed by atoms with E-state index in [0.29, 0.717) is 17.1 Å². The third-order valence-corrected chi connectivity index (χ3v) is 3.69. The van der Waals surface area contributed by atoms with Crippen LogP contribution in [-0.4, -0.2) is 17.0 Å². The van der Waals surface area contributed by atoms with Gasteiger partial charge in [0.05, 0.1) is 5.52 Å². The van der Waals surface area contributed by atoms with Crippen molar-refractivity contribution < 1.29 is 4.39 Å². The predicted octanol–water partition coefficient (Wildman–Crippen LogP) is 4.06. The number of nitrogens with zero attached hydrogens (tertiary/aromatic N) is 3. The van der Waals surface area contributed by atoms with E-state index in [1.807, 2.05) is 36.2 Å². The standard InChI is InChI=1S/C16H13ClFN3/c1-21(9-12-13(17)6-4-7-14(12)18)16-11-5-2-3-8-15(11)19-10-20-16/h2-8,10H,9H2,1H3. The first-order chi connectivity index (χ1) is 10.2. The van der Waals surface area contributed by atoms with Crippen LogP contribution in [0.5, 0.6) is 0 Å². The van der Waals surface area contributed by atoms with Gasteiger partial charge in [-0.25, -0.2) is 14.4 Å². The van der Waals surface area contributed by atoms with Crippen LogP contribution < -0.4 is 4.90 Å². The normalized spacial score (nSPS) is 10.8. The van der Waals surface area contributed by atoms with E-state index >= 15 is 0 Å². The van der Waals surface area contributed by atoms with Gasteiger partial charge in [-0.1, -0.05) is 29.8 Å². The van der Waals surface area contributed by atoms with Crippen LogP contribution >= 0.6 is 11.6 Å². The highest BCUT2D eigenvalue weighted by molar-refractivity contribution is 6.31. The Balaban J connectivity index is 2.00. The lowest BCUT2D eigenvalue weighted by atomic mass is 10.2. The van der Waals surface area contributed by atoms with Crippen molar-refractivity contribution in [2.45, 2.75) is 6.54 Å². The number of hydrogen-bond acceptors (Lipinski definition) is 3.